The van der Waals surface area contributed by atoms with Crippen molar-refractivity contribution in [2.75, 3.05) is 32.3 Å². The molecular weight excluding hydrogens is 554 g/mol. The molecule has 8 nitrogen and oxygen atoms in total. The molecule has 5 rings (SSSR count). The van der Waals surface area contributed by atoms with Crippen molar-refractivity contribution in [2.45, 2.75) is 51.6 Å². The summed E-state index contributed by atoms with van der Waals surface area (Å²) in [5.74, 6) is 1.90. The van der Waals surface area contributed by atoms with Crippen LogP contribution in [0.2, 0.25) is 0 Å². The van der Waals surface area contributed by atoms with Gasteiger partial charge >= 0.3 is 5.97 Å². The summed E-state index contributed by atoms with van der Waals surface area (Å²) in [6.45, 7) is 4.76. The van der Waals surface area contributed by atoms with Crippen LogP contribution >= 0.6 is 0 Å². The van der Waals surface area contributed by atoms with Crippen LogP contribution in [-0.2, 0) is 25.8 Å². The van der Waals surface area contributed by atoms with Crippen LogP contribution in [0.5, 0.6) is 17.2 Å². The van der Waals surface area contributed by atoms with Crippen molar-refractivity contribution in [3.05, 3.63) is 75.8 Å². The summed E-state index contributed by atoms with van der Waals surface area (Å²) in [5, 5.41) is 10.0. The molecule has 2 atom stereocenters. The number of ether oxygens (including phenoxy) is 4. The van der Waals surface area contributed by atoms with Gasteiger partial charge < -0.3 is 18.9 Å². The van der Waals surface area contributed by atoms with E-state index in [0.29, 0.717) is 36.7 Å². The van der Waals surface area contributed by atoms with Crippen LogP contribution < -0.4 is 14.2 Å². The quantitative estimate of drug-likeness (QED) is 0.217. The van der Waals surface area contributed by atoms with Gasteiger partial charge in [0.1, 0.15) is 33.2 Å². The Morgan fingerprint density at radius 1 is 1.05 bits per heavy atom. The monoisotopic (exact) mass is 589 g/mol. The molecule has 9 heteroatoms. The molecule has 42 heavy (non-hydrogen) atoms. The summed E-state index contributed by atoms with van der Waals surface area (Å²) in [5.41, 5.74) is 7.69. The van der Waals surface area contributed by atoms with Crippen molar-refractivity contribution in [3.63, 3.8) is 0 Å². The predicted molar refractivity (Wildman–Crippen MR) is 159 cm³/mol. The predicted octanol–water partition coefficient (Wildman–Crippen LogP) is 5.76. The molecule has 0 fully saturated rings. The number of methoxy groups -OCH3 is 1. The van der Waals surface area contributed by atoms with Crippen molar-refractivity contribution >= 4 is 15.8 Å². The average molecular weight is 590 g/mol. The van der Waals surface area contributed by atoms with E-state index in [4.69, 9.17) is 18.9 Å². The lowest BCUT2D eigenvalue weighted by molar-refractivity contribution is -0.141. The van der Waals surface area contributed by atoms with Gasteiger partial charge in [0.15, 0.2) is 0 Å². The number of aryl methyl sites for hydroxylation is 2. The van der Waals surface area contributed by atoms with E-state index in [2.05, 4.69) is 6.07 Å². The number of rotatable bonds is 10. The first-order chi connectivity index (χ1) is 20.1. The smallest absolute Gasteiger partial charge is 0.306 e. The highest BCUT2D eigenvalue weighted by Crippen LogP contribution is 2.45. The van der Waals surface area contributed by atoms with E-state index in [1.165, 1.54) is 13.4 Å². The standard InChI is InChI=1S/C33H35NO7S/c1-20-14-25(39-12-5-13-42(4,36)37)15-21(2)32(20)33-22(18-34)6-8-27-28(33)10-11-29(27)41-24-7-9-26-23(16-31(35)38-3)19-40-30(26)17-24/h6-9,14-15,17,23,29H,5,10-13,16,19H2,1-4H3/t23?,29-/m1/s1. The van der Waals surface area contributed by atoms with Crippen molar-refractivity contribution in [3.8, 4) is 34.4 Å². The van der Waals surface area contributed by atoms with Crippen LogP contribution in [0.4, 0.5) is 0 Å². The normalized spacial score (nSPS) is 17.1. The van der Waals surface area contributed by atoms with Crippen LogP contribution in [0, 0.1) is 25.2 Å². The number of hydrogen-bond acceptors (Lipinski definition) is 8. The molecule has 0 saturated carbocycles. The van der Waals surface area contributed by atoms with Gasteiger partial charge in [-0.15, -0.1) is 0 Å². The summed E-state index contributed by atoms with van der Waals surface area (Å²) in [7, 11) is -1.64. The third-order valence-corrected chi connectivity index (χ3v) is 8.97. The second-order valence-corrected chi connectivity index (χ2v) is 13.3. The molecule has 2 aliphatic rings. The van der Waals surface area contributed by atoms with Gasteiger partial charge in [0, 0.05) is 29.4 Å². The number of nitrogens with zero attached hydrogens (tertiary/aromatic N) is 1. The molecule has 0 radical (unpaired) electrons. The Balaban J connectivity index is 1.38. The maximum absolute atomic E-state index is 11.8. The second kappa shape index (κ2) is 12.1. The number of fused-ring (bicyclic) bond motifs is 2. The molecule has 0 spiro atoms. The lowest BCUT2D eigenvalue weighted by Gasteiger charge is -2.19. The Morgan fingerprint density at radius 2 is 1.79 bits per heavy atom. The van der Waals surface area contributed by atoms with Crippen LogP contribution in [0.15, 0.2) is 42.5 Å². The Hall–Kier alpha value is -4.03. The summed E-state index contributed by atoms with van der Waals surface area (Å²) >= 11 is 0. The number of hydrogen-bond donors (Lipinski definition) is 0. The number of carbonyl (C=O) groups excluding carboxylic acids is 1. The lowest BCUT2D eigenvalue weighted by Crippen LogP contribution is -2.09. The highest BCUT2D eigenvalue weighted by atomic mass is 32.2. The van der Waals surface area contributed by atoms with Gasteiger partial charge in [-0.2, -0.15) is 5.26 Å². The van der Waals surface area contributed by atoms with E-state index in [0.717, 1.165) is 57.5 Å². The molecule has 0 aromatic heterocycles. The topological polar surface area (TPSA) is 112 Å². The zero-order valence-electron chi connectivity index (χ0n) is 24.4. The van der Waals surface area contributed by atoms with Gasteiger partial charge in [0.2, 0.25) is 0 Å². The molecule has 0 saturated heterocycles. The Morgan fingerprint density at radius 3 is 2.48 bits per heavy atom. The summed E-state index contributed by atoms with van der Waals surface area (Å²) in [4.78, 5) is 11.8. The minimum Gasteiger partial charge on any atom is -0.494 e. The average Bonchev–Trinajstić information content (AvgIpc) is 3.54. The fourth-order valence-electron chi connectivity index (χ4n) is 6.03. The van der Waals surface area contributed by atoms with Crippen LogP contribution in [-0.4, -0.2) is 46.7 Å². The van der Waals surface area contributed by atoms with E-state index in [-0.39, 0.29) is 30.2 Å². The highest BCUT2D eigenvalue weighted by molar-refractivity contribution is 7.90. The minimum absolute atomic E-state index is 0.0311. The fraction of sp³-hybridized carbons (Fsp3) is 0.394. The van der Waals surface area contributed by atoms with Crippen molar-refractivity contribution in [1.29, 1.82) is 5.26 Å². The molecule has 0 N–H and O–H groups in total. The molecule has 1 aliphatic carbocycles. The van der Waals surface area contributed by atoms with Gasteiger partial charge in [-0.05, 0) is 85.2 Å². The Kier molecular flexibility index (Phi) is 8.46. The molecule has 1 aliphatic heterocycles. The van der Waals surface area contributed by atoms with E-state index >= 15 is 0 Å². The number of benzene rings is 3. The van der Waals surface area contributed by atoms with E-state index in [1.807, 2.05) is 56.3 Å². The second-order valence-electron chi connectivity index (χ2n) is 11.1. The first-order valence-corrected chi connectivity index (χ1v) is 16.1. The van der Waals surface area contributed by atoms with Gasteiger partial charge in [-0.3, -0.25) is 4.79 Å². The van der Waals surface area contributed by atoms with Gasteiger partial charge in [-0.1, -0.05) is 12.1 Å². The SMILES string of the molecule is COC(=O)CC1COc2cc(O[C@@H]3CCc4c3ccc(C#N)c4-c3c(C)cc(OCCCS(C)(=O)=O)cc3C)ccc21. The van der Waals surface area contributed by atoms with Gasteiger partial charge in [0.25, 0.3) is 0 Å². The molecule has 1 unspecified atom stereocenters. The maximum Gasteiger partial charge on any atom is 0.306 e. The van der Waals surface area contributed by atoms with E-state index < -0.39 is 9.84 Å². The maximum atomic E-state index is 11.8. The third kappa shape index (κ3) is 6.24. The van der Waals surface area contributed by atoms with Crippen molar-refractivity contribution in [1.82, 2.24) is 0 Å². The zero-order chi connectivity index (χ0) is 30.0. The number of esters is 1. The number of sulfone groups is 1. The first kappa shape index (κ1) is 29.5. The summed E-state index contributed by atoms with van der Waals surface area (Å²) in [6.07, 6.45) is 3.31. The molecule has 1 heterocycles. The molecule has 0 amide bonds. The van der Waals surface area contributed by atoms with Gasteiger partial charge in [0.05, 0.1) is 44.1 Å². The first-order valence-electron chi connectivity index (χ1n) is 14.1. The zero-order valence-corrected chi connectivity index (χ0v) is 25.2. The van der Waals surface area contributed by atoms with Crippen molar-refractivity contribution in [2.24, 2.45) is 0 Å². The molecule has 220 valence electrons. The van der Waals surface area contributed by atoms with E-state index in [9.17, 15) is 18.5 Å². The Bertz CT molecular complexity index is 1650. The summed E-state index contributed by atoms with van der Waals surface area (Å²) in [6, 6.07) is 15.9. The molecule has 0 bridgehead atoms. The minimum atomic E-state index is -3.03. The number of nitriles is 1. The molecular formula is C33H35NO7S. The number of carbonyl (C=O) groups is 1. The van der Waals surface area contributed by atoms with E-state index in [1.54, 1.807) is 0 Å². The largest absolute Gasteiger partial charge is 0.494 e. The molecule has 3 aromatic carbocycles. The van der Waals surface area contributed by atoms with Crippen LogP contribution in [0.1, 0.15) is 64.7 Å². The highest BCUT2D eigenvalue weighted by Gasteiger charge is 2.31. The fourth-order valence-corrected chi connectivity index (χ4v) is 6.67. The third-order valence-electron chi connectivity index (χ3n) is 7.94. The molecule has 3 aromatic rings. The van der Waals surface area contributed by atoms with Crippen LogP contribution in [0.3, 0.4) is 0 Å². The van der Waals surface area contributed by atoms with Crippen LogP contribution in [0.25, 0.3) is 11.1 Å². The lowest BCUT2D eigenvalue weighted by atomic mass is 9.87. The summed E-state index contributed by atoms with van der Waals surface area (Å²) < 4.78 is 45.9. The Labute approximate surface area is 247 Å². The van der Waals surface area contributed by atoms with Gasteiger partial charge in [-0.25, -0.2) is 8.42 Å². The van der Waals surface area contributed by atoms with Crippen molar-refractivity contribution < 1.29 is 32.2 Å².